The molecule has 0 saturated carbocycles. The summed E-state index contributed by atoms with van der Waals surface area (Å²) in [6.45, 7) is 4.05. The Labute approximate surface area is 103 Å². The van der Waals surface area contributed by atoms with E-state index < -0.39 is 0 Å². The zero-order chi connectivity index (χ0) is 12.1. The van der Waals surface area contributed by atoms with Crippen LogP contribution in [0.25, 0.3) is 0 Å². The largest absolute Gasteiger partial charge is 0.326 e. The van der Waals surface area contributed by atoms with Crippen LogP contribution >= 0.6 is 15.9 Å². The van der Waals surface area contributed by atoms with Gasteiger partial charge in [-0.15, -0.1) is 0 Å². The van der Waals surface area contributed by atoms with E-state index in [-0.39, 0.29) is 11.7 Å². The van der Waals surface area contributed by atoms with Gasteiger partial charge in [-0.05, 0) is 40.0 Å². The van der Waals surface area contributed by atoms with Crippen LogP contribution < -0.4 is 5.32 Å². The van der Waals surface area contributed by atoms with Gasteiger partial charge in [0.15, 0.2) is 0 Å². The Hall–Kier alpha value is -0.900. The highest BCUT2D eigenvalue weighted by Gasteiger charge is 2.08. The van der Waals surface area contributed by atoms with Crippen molar-refractivity contribution in [3.8, 4) is 0 Å². The minimum absolute atomic E-state index is 0.0731. The summed E-state index contributed by atoms with van der Waals surface area (Å²) in [6.07, 6.45) is 1.43. The molecule has 1 aromatic carbocycles. The van der Waals surface area contributed by atoms with Crippen molar-refractivity contribution in [3.05, 3.63) is 28.5 Å². The molecule has 0 aliphatic heterocycles. The van der Waals surface area contributed by atoms with Crippen molar-refractivity contribution in [3.63, 3.8) is 0 Å². The number of rotatable bonds is 4. The minimum Gasteiger partial charge on any atom is -0.326 e. The van der Waals surface area contributed by atoms with Gasteiger partial charge in [-0.3, -0.25) is 4.79 Å². The number of hydrogen-bond donors (Lipinski definition) is 1. The molecule has 1 rings (SSSR count). The second kappa shape index (κ2) is 5.99. The van der Waals surface area contributed by atoms with Crippen LogP contribution in [0.1, 0.15) is 26.7 Å². The average molecular weight is 288 g/mol. The highest BCUT2D eigenvalue weighted by atomic mass is 79.9. The number of carbonyl (C=O) groups excluding carboxylic acids is 1. The summed E-state index contributed by atoms with van der Waals surface area (Å²) in [7, 11) is 0. The van der Waals surface area contributed by atoms with Gasteiger partial charge in [0.05, 0.1) is 4.47 Å². The van der Waals surface area contributed by atoms with Crippen LogP contribution in [0.15, 0.2) is 22.7 Å². The summed E-state index contributed by atoms with van der Waals surface area (Å²) in [4.78, 5) is 11.5. The minimum atomic E-state index is -0.374. The van der Waals surface area contributed by atoms with Gasteiger partial charge in [0.1, 0.15) is 5.82 Å². The highest BCUT2D eigenvalue weighted by Crippen LogP contribution is 2.19. The summed E-state index contributed by atoms with van der Waals surface area (Å²) < 4.78 is 13.6. The molecule has 1 N–H and O–H groups in total. The van der Waals surface area contributed by atoms with Crippen LogP contribution in [-0.2, 0) is 4.79 Å². The molecule has 0 radical (unpaired) electrons. The maximum atomic E-state index is 13.2. The molecule has 0 aliphatic rings. The van der Waals surface area contributed by atoms with E-state index in [0.29, 0.717) is 22.5 Å². The van der Waals surface area contributed by atoms with Crippen molar-refractivity contribution in [1.82, 2.24) is 0 Å². The second-order valence-electron chi connectivity index (χ2n) is 3.89. The third-order valence-electron chi connectivity index (χ3n) is 2.43. The fourth-order valence-electron chi connectivity index (χ4n) is 1.25. The first kappa shape index (κ1) is 13.2. The highest BCUT2D eigenvalue weighted by molar-refractivity contribution is 9.10. The van der Waals surface area contributed by atoms with E-state index in [1.165, 1.54) is 6.07 Å². The Morgan fingerprint density at radius 1 is 1.56 bits per heavy atom. The molecule has 16 heavy (non-hydrogen) atoms. The lowest BCUT2D eigenvalue weighted by Crippen LogP contribution is -2.14. The Morgan fingerprint density at radius 3 is 2.81 bits per heavy atom. The summed E-state index contributed by atoms with van der Waals surface area (Å²) in [5.74, 6) is -0.0993. The van der Waals surface area contributed by atoms with E-state index >= 15 is 0 Å². The number of amides is 1. The molecule has 1 unspecified atom stereocenters. The van der Waals surface area contributed by atoms with E-state index in [2.05, 4.69) is 21.2 Å². The molecule has 0 heterocycles. The third kappa shape index (κ3) is 3.93. The van der Waals surface area contributed by atoms with Crippen LogP contribution in [0.5, 0.6) is 0 Å². The predicted octanol–water partition coefficient (Wildman–Crippen LogP) is 3.96. The van der Waals surface area contributed by atoms with Crippen LogP contribution in [0.4, 0.5) is 10.1 Å². The van der Waals surface area contributed by atoms with Gasteiger partial charge in [-0.25, -0.2) is 4.39 Å². The molecule has 0 fully saturated rings. The van der Waals surface area contributed by atoms with Crippen LogP contribution in [0, 0.1) is 11.7 Å². The third-order valence-corrected chi connectivity index (χ3v) is 3.08. The molecule has 0 spiro atoms. The summed E-state index contributed by atoms with van der Waals surface area (Å²) in [6, 6.07) is 4.55. The fraction of sp³-hybridized carbons (Fsp3) is 0.417. The number of nitrogens with one attached hydrogen (secondary N) is 1. The molecule has 0 bridgehead atoms. The lowest BCUT2D eigenvalue weighted by Gasteiger charge is -2.09. The molecular formula is C12H15BrFNO. The number of anilines is 1. The maximum Gasteiger partial charge on any atom is 0.224 e. The monoisotopic (exact) mass is 287 g/mol. The lowest BCUT2D eigenvalue weighted by molar-refractivity contribution is -0.117. The smallest absolute Gasteiger partial charge is 0.224 e. The van der Waals surface area contributed by atoms with Gasteiger partial charge in [-0.2, -0.15) is 0 Å². The van der Waals surface area contributed by atoms with Gasteiger partial charge in [-0.1, -0.05) is 20.3 Å². The molecule has 0 aromatic heterocycles. The Kier molecular flexibility index (Phi) is 4.93. The van der Waals surface area contributed by atoms with Crippen molar-refractivity contribution in [1.29, 1.82) is 0 Å². The molecule has 0 aliphatic carbocycles. The number of halogens is 2. The Morgan fingerprint density at radius 2 is 2.25 bits per heavy atom. The number of carbonyl (C=O) groups is 1. The molecule has 2 nitrogen and oxygen atoms in total. The van der Waals surface area contributed by atoms with E-state index in [0.717, 1.165) is 6.42 Å². The molecule has 1 aromatic rings. The lowest BCUT2D eigenvalue weighted by atomic mass is 10.1. The Balaban J connectivity index is 2.59. The SMILES string of the molecule is CCC(C)CC(=O)Nc1ccc(Br)c(F)c1. The second-order valence-corrected chi connectivity index (χ2v) is 4.75. The topological polar surface area (TPSA) is 29.1 Å². The first-order valence-electron chi connectivity index (χ1n) is 5.27. The Bertz CT molecular complexity index is 381. The van der Waals surface area contributed by atoms with Crippen molar-refractivity contribution < 1.29 is 9.18 Å². The van der Waals surface area contributed by atoms with Gasteiger partial charge < -0.3 is 5.32 Å². The van der Waals surface area contributed by atoms with Gasteiger partial charge >= 0.3 is 0 Å². The van der Waals surface area contributed by atoms with E-state index in [1.54, 1.807) is 12.1 Å². The van der Waals surface area contributed by atoms with Gasteiger partial charge in [0.25, 0.3) is 0 Å². The van der Waals surface area contributed by atoms with E-state index in [1.807, 2.05) is 13.8 Å². The van der Waals surface area contributed by atoms with Crippen LogP contribution in [-0.4, -0.2) is 5.91 Å². The normalized spacial score (nSPS) is 12.2. The summed E-state index contributed by atoms with van der Waals surface area (Å²) in [5, 5.41) is 2.68. The number of benzene rings is 1. The molecule has 0 saturated heterocycles. The van der Waals surface area contributed by atoms with Crippen molar-refractivity contribution in [2.24, 2.45) is 5.92 Å². The molecular weight excluding hydrogens is 273 g/mol. The fourth-order valence-corrected chi connectivity index (χ4v) is 1.49. The molecule has 1 amide bonds. The first-order valence-corrected chi connectivity index (χ1v) is 6.07. The van der Waals surface area contributed by atoms with Gasteiger partial charge in [0.2, 0.25) is 5.91 Å². The summed E-state index contributed by atoms with van der Waals surface area (Å²) in [5.41, 5.74) is 0.494. The zero-order valence-corrected chi connectivity index (χ0v) is 11.0. The molecule has 88 valence electrons. The van der Waals surface area contributed by atoms with Crippen LogP contribution in [0.3, 0.4) is 0 Å². The van der Waals surface area contributed by atoms with E-state index in [9.17, 15) is 9.18 Å². The van der Waals surface area contributed by atoms with E-state index in [4.69, 9.17) is 0 Å². The standard InChI is InChI=1S/C12H15BrFNO/c1-3-8(2)6-12(16)15-9-4-5-10(13)11(14)7-9/h4-5,7-8H,3,6H2,1-2H3,(H,15,16). The first-order chi connectivity index (χ1) is 7.52. The predicted molar refractivity (Wildman–Crippen MR) is 66.8 cm³/mol. The van der Waals surface area contributed by atoms with Crippen molar-refractivity contribution >= 4 is 27.5 Å². The van der Waals surface area contributed by atoms with Crippen LogP contribution in [0.2, 0.25) is 0 Å². The average Bonchev–Trinajstić information content (AvgIpc) is 2.23. The number of hydrogen-bond acceptors (Lipinski definition) is 1. The molecule has 4 heteroatoms. The summed E-state index contributed by atoms with van der Waals surface area (Å²) >= 11 is 3.06. The quantitative estimate of drug-likeness (QED) is 0.892. The zero-order valence-electron chi connectivity index (χ0n) is 9.39. The van der Waals surface area contributed by atoms with Gasteiger partial charge in [0, 0.05) is 12.1 Å². The maximum absolute atomic E-state index is 13.2. The van der Waals surface area contributed by atoms with Crippen molar-refractivity contribution in [2.45, 2.75) is 26.7 Å². The molecule has 1 atom stereocenters. The van der Waals surface area contributed by atoms with Crippen molar-refractivity contribution in [2.75, 3.05) is 5.32 Å².